The minimum atomic E-state index is -0.391. The van der Waals surface area contributed by atoms with E-state index in [0.717, 1.165) is 51.0 Å². The van der Waals surface area contributed by atoms with E-state index in [0.29, 0.717) is 25.2 Å². The molecule has 0 bridgehead atoms. The molecule has 0 N–H and O–H groups in total. The minimum absolute atomic E-state index is 0.00791. The van der Waals surface area contributed by atoms with Gasteiger partial charge in [-0.05, 0) is 68.4 Å². The summed E-state index contributed by atoms with van der Waals surface area (Å²) in [4.78, 5) is 37.2. The van der Waals surface area contributed by atoms with Gasteiger partial charge in [0.15, 0.2) is 0 Å². The Balaban J connectivity index is 1.24. The first kappa shape index (κ1) is 21.9. The van der Waals surface area contributed by atoms with Gasteiger partial charge in [-0.25, -0.2) is 9.37 Å². The number of amides is 2. The first-order valence-electron chi connectivity index (χ1n) is 12.1. The van der Waals surface area contributed by atoms with E-state index in [1.807, 2.05) is 23.1 Å². The monoisotopic (exact) mass is 450 g/mol. The molecular weight excluding hydrogens is 419 g/mol. The highest BCUT2D eigenvalue weighted by Crippen LogP contribution is 2.33. The molecule has 3 aliphatic heterocycles. The molecule has 4 heterocycles. The third-order valence-corrected chi connectivity index (χ3v) is 7.45. The molecule has 2 aromatic rings. The molecule has 3 fully saturated rings. The maximum Gasteiger partial charge on any atom is 0.253 e. The van der Waals surface area contributed by atoms with E-state index in [1.165, 1.54) is 12.1 Å². The molecule has 1 aromatic carbocycles. The number of aromatic nitrogens is 1. The largest absolute Gasteiger partial charge is 0.356 e. The Hall–Kier alpha value is -2.96. The molecule has 0 spiro atoms. The number of pyridine rings is 1. The lowest BCUT2D eigenvalue weighted by atomic mass is 9.82. The van der Waals surface area contributed by atoms with Crippen LogP contribution in [0.15, 0.2) is 48.7 Å². The fourth-order valence-corrected chi connectivity index (χ4v) is 5.83. The van der Waals surface area contributed by atoms with Crippen LogP contribution < -0.4 is 4.90 Å². The maximum atomic E-state index is 13.6. The molecule has 1 aromatic heterocycles. The lowest BCUT2D eigenvalue weighted by Gasteiger charge is -2.48. The van der Waals surface area contributed by atoms with Gasteiger partial charge in [-0.3, -0.25) is 9.59 Å². The van der Waals surface area contributed by atoms with Gasteiger partial charge >= 0.3 is 0 Å². The van der Waals surface area contributed by atoms with Crippen LogP contribution in [-0.2, 0) is 4.79 Å². The Morgan fingerprint density at radius 1 is 0.939 bits per heavy atom. The zero-order valence-electron chi connectivity index (χ0n) is 18.9. The molecule has 2 amide bonds. The summed E-state index contributed by atoms with van der Waals surface area (Å²) in [5, 5.41) is 0. The number of rotatable bonds is 3. The number of anilines is 1. The second-order valence-electron chi connectivity index (χ2n) is 9.52. The lowest BCUT2D eigenvalue weighted by Crippen LogP contribution is -2.58. The number of piperidine rings is 3. The molecule has 5 rings (SSSR count). The first-order valence-corrected chi connectivity index (χ1v) is 12.1. The molecule has 1 unspecified atom stereocenters. The molecule has 3 aliphatic rings. The Bertz CT molecular complexity index is 1000. The summed E-state index contributed by atoms with van der Waals surface area (Å²) in [6.07, 6.45) is 6.48. The van der Waals surface area contributed by atoms with Gasteiger partial charge in [-0.2, -0.15) is 0 Å². The molecule has 3 atom stereocenters. The van der Waals surface area contributed by atoms with Crippen LogP contribution in [0.4, 0.5) is 10.2 Å². The van der Waals surface area contributed by atoms with E-state index in [9.17, 15) is 14.0 Å². The van der Waals surface area contributed by atoms with Crippen molar-refractivity contribution in [3.8, 4) is 0 Å². The lowest BCUT2D eigenvalue weighted by molar-refractivity contribution is -0.142. The summed E-state index contributed by atoms with van der Waals surface area (Å²) >= 11 is 0. The van der Waals surface area contributed by atoms with Gasteiger partial charge in [0.25, 0.3) is 5.91 Å². The number of hydrogen-bond donors (Lipinski definition) is 0. The van der Waals surface area contributed by atoms with Crippen molar-refractivity contribution in [3.05, 3.63) is 60.0 Å². The molecule has 33 heavy (non-hydrogen) atoms. The summed E-state index contributed by atoms with van der Waals surface area (Å²) in [6, 6.07) is 12.0. The van der Waals surface area contributed by atoms with Gasteiger partial charge in [0.1, 0.15) is 11.6 Å². The first-order chi connectivity index (χ1) is 16.1. The SMILES string of the molecule is O=C(c1cccc(F)c1)N1CC[C@H]2[C@H](CCCN2C(=O)C2CCCN(c3ccccn3)C2)C1. The average Bonchev–Trinajstić information content (AvgIpc) is 2.87. The number of carbonyl (C=O) groups excluding carboxylic acids is 2. The van der Waals surface area contributed by atoms with Crippen molar-refractivity contribution in [2.24, 2.45) is 11.8 Å². The number of fused-ring (bicyclic) bond motifs is 1. The summed E-state index contributed by atoms with van der Waals surface area (Å²) in [7, 11) is 0. The summed E-state index contributed by atoms with van der Waals surface area (Å²) < 4.78 is 13.6. The highest BCUT2D eigenvalue weighted by Gasteiger charge is 2.41. The summed E-state index contributed by atoms with van der Waals surface area (Å²) in [5.41, 5.74) is 0.397. The van der Waals surface area contributed by atoms with Crippen molar-refractivity contribution in [1.29, 1.82) is 0 Å². The Kier molecular flexibility index (Phi) is 6.29. The molecule has 174 valence electrons. The molecule has 6 nitrogen and oxygen atoms in total. The van der Waals surface area contributed by atoms with Crippen LogP contribution >= 0.6 is 0 Å². The Morgan fingerprint density at radius 2 is 1.82 bits per heavy atom. The van der Waals surface area contributed by atoms with Gasteiger partial charge < -0.3 is 14.7 Å². The number of likely N-dealkylation sites (tertiary alicyclic amines) is 2. The van der Waals surface area contributed by atoms with Crippen molar-refractivity contribution in [3.63, 3.8) is 0 Å². The van der Waals surface area contributed by atoms with Crippen LogP contribution in [0.5, 0.6) is 0 Å². The Morgan fingerprint density at radius 3 is 2.64 bits per heavy atom. The number of nitrogens with zero attached hydrogens (tertiary/aromatic N) is 4. The van der Waals surface area contributed by atoms with Crippen molar-refractivity contribution < 1.29 is 14.0 Å². The quantitative estimate of drug-likeness (QED) is 0.717. The van der Waals surface area contributed by atoms with Crippen molar-refractivity contribution in [1.82, 2.24) is 14.8 Å². The van der Waals surface area contributed by atoms with Crippen LogP contribution in [0, 0.1) is 17.7 Å². The predicted molar refractivity (Wildman–Crippen MR) is 124 cm³/mol. The zero-order valence-corrected chi connectivity index (χ0v) is 18.9. The molecule has 7 heteroatoms. The van der Waals surface area contributed by atoms with E-state index >= 15 is 0 Å². The van der Waals surface area contributed by atoms with Crippen LogP contribution in [0.25, 0.3) is 0 Å². The number of carbonyl (C=O) groups is 2. The molecule has 3 saturated heterocycles. The number of benzene rings is 1. The second-order valence-corrected chi connectivity index (χ2v) is 9.52. The summed E-state index contributed by atoms with van der Waals surface area (Å²) in [6.45, 7) is 3.69. The van der Waals surface area contributed by atoms with Gasteiger partial charge in [0.05, 0.1) is 5.92 Å². The van der Waals surface area contributed by atoms with E-state index in [2.05, 4.69) is 14.8 Å². The Labute approximate surface area is 194 Å². The van der Waals surface area contributed by atoms with Crippen molar-refractivity contribution in [2.45, 2.75) is 38.1 Å². The molecular formula is C26H31FN4O2. The van der Waals surface area contributed by atoms with Crippen LogP contribution in [-0.4, -0.2) is 65.4 Å². The zero-order chi connectivity index (χ0) is 22.8. The van der Waals surface area contributed by atoms with Crippen LogP contribution in [0.2, 0.25) is 0 Å². The van der Waals surface area contributed by atoms with Crippen LogP contribution in [0.3, 0.4) is 0 Å². The fourth-order valence-electron chi connectivity index (χ4n) is 5.83. The van der Waals surface area contributed by atoms with Gasteiger partial charge in [-0.1, -0.05) is 12.1 Å². The molecule has 0 radical (unpaired) electrons. The number of halogens is 1. The van der Waals surface area contributed by atoms with Gasteiger partial charge in [0.2, 0.25) is 5.91 Å². The fraction of sp³-hybridized carbons (Fsp3) is 0.500. The smallest absolute Gasteiger partial charge is 0.253 e. The minimum Gasteiger partial charge on any atom is -0.356 e. The van der Waals surface area contributed by atoms with Gasteiger partial charge in [0, 0.05) is 50.5 Å². The van der Waals surface area contributed by atoms with Gasteiger partial charge in [-0.15, -0.1) is 0 Å². The normalized spacial score (nSPS) is 25.5. The third-order valence-electron chi connectivity index (χ3n) is 7.45. The average molecular weight is 451 g/mol. The van der Waals surface area contributed by atoms with E-state index in [1.54, 1.807) is 18.3 Å². The van der Waals surface area contributed by atoms with E-state index < -0.39 is 5.82 Å². The van der Waals surface area contributed by atoms with E-state index in [-0.39, 0.29) is 29.7 Å². The van der Waals surface area contributed by atoms with Crippen LogP contribution in [0.1, 0.15) is 42.5 Å². The highest BCUT2D eigenvalue weighted by molar-refractivity contribution is 5.94. The standard InChI is InChI=1S/C26H31FN4O2/c27-22-9-3-6-19(16-22)25(32)30-15-11-23-20(17-30)7-5-14-31(23)26(33)21-8-4-13-29(18-21)24-10-1-2-12-28-24/h1-3,6,9-10,12,16,20-21,23H,4-5,7-8,11,13-15,17-18H2/t20-,21?,23+/m1/s1. The van der Waals surface area contributed by atoms with Crippen molar-refractivity contribution >= 4 is 17.6 Å². The third kappa shape index (κ3) is 4.59. The van der Waals surface area contributed by atoms with E-state index in [4.69, 9.17) is 0 Å². The molecule has 0 saturated carbocycles. The molecule has 0 aliphatic carbocycles. The number of hydrogen-bond acceptors (Lipinski definition) is 4. The topological polar surface area (TPSA) is 56.8 Å². The summed E-state index contributed by atoms with van der Waals surface area (Å²) in [5.74, 6) is 0.967. The highest BCUT2D eigenvalue weighted by atomic mass is 19.1. The van der Waals surface area contributed by atoms with Crippen molar-refractivity contribution in [2.75, 3.05) is 37.6 Å². The second kappa shape index (κ2) is 9.49. The predicted octanol–water partition coefficient (Wildman–Crippen LogP) is 3.59. The maximum absolute atomic E-state index is 13.6.